The second kappa shape index (κ2) is 7.65. The van der Waals surface area contributed by atoms with Crippen LogP contribution >= 0.6 is 22.7 Å². The largest absolute Gasteiger partial charge is 0.317 e. The van der Waals surface area contributed by atoms with Crippen LogP contribution in [0.5, 0.6) is 0 Å². The Balaban J connectivity index is 1.39. The minimum Gasteiger partial charge on any atom is -0.317 e. The average molecular weight is 389 g/mol. The number of hydrogen-bond donors (Lipinski definition) is 2. The van der Waals surface area contributed by atoms with E-state index in [0.29, 0.717) is 11.9 Å². The van der Waals surface area contributed by atoms with E-state index in [1.165, 1.54) is 0 Å². The average Bonchev–Trinajstić information content (AvgIpc) is 3.38. The molecule has 26 heavy (non-hydrogen) atoms. The summed E-state index contributed by atoms with van der Waals surface area (Å²) in [6.07, 6.45) is 2.29. The molecule has 3 aromatic rings. The van der Waals surface area contributed by atoms with E-state index in [-0.39, 0.29) is 12.3 Å². The van der Waals surface area contributed by atoms with Crippen molar-refractivity contribution < 1.29 is 4.79 Å². The molecule has 2 N–H and O–H groups in total. The Kier molecular flexibility index (Phi) is 5.09. The molecule has 1 aliphatic rings. The number of rotatable bonds is 5. The molecule has 0 aromatic carbocycles. The third-order valence-corrected chi connectivity index (χ3v) is 6.29. The van der Waals surface area contributed by atoms with Gasteiger partial charge in [0, 0.05) is 18.3 Å². The fourth-order valence-corrected chi connectivity index (χ4v) is 4.64. The van der Waals surface area contributed by atoms with E-state index >= 15 is 0 Å². The smallest absolute Gasteiger partial charge is 0.232 e. The number of piperidine rings is 1. The van der Waals surface area contributed by atoms with E-state index in [4.69, 9.17) is 0 Å². The maximum atomic E-state index is 12.4. The van der Waals surface area contributed by atoms with Crippen LogP contribution in [-0.2, 0) is 18.3 Å². The van der Waals surface area contributed by atoms with Crippen LogP contribution in [0.1, 0.15) is 30.3 Å². The van der Waals surface area contributed by atoms with Gasteiger partial charge in [-0.05, 0) is 37.4 Å². The SMILES string of the molecule is Cn1nc(C2CCNCC2)nc1NC(=O)Cc1csc(-c2cccs2)n1. The molecule has 4 rings (SSSR count). The van der Waals surface area contributed by atoms with Crippen LogP contribution in [0.2, 0.25) is 0 Å². The zero-order chi connectivity index (χ0) is 17.9. The highest BCUT2D eigenvalue weighted by atomic mass is 32.1. The lowest BCUT2D eigenvalue weighted by Gasteiger charge is -2.19. The molecular formula is C17H20N6OS2. The van der Waals surface area contributed by atoms with Crippen molar-refractivity contribution in [3.63, 3.8) is 0 Å². The summed E-state index contributed by atoms with van der Waals surface area (Å²) in [5.74, 6) is 1.55. The van der Waals surface area contributed by atoms with Gasteiger partial charge < -0.3 is 5.32 Å². The lowest BCUT2D eigenvalue weighted by Crippen LogP contribution is -2.27. The third kappa shape index (κ3) is 3.84. The number of hydrogen-bond acceptors (Lipinski definition) is 7. The van der Waals surface area contributed by atoms with Gasteiger partial charge in [-0.3, -0.25) is 10.1 Å². The van der Waals surface area contributed by atoms with Gasteiger partial charge in [0.15, 0.2) is 5.82 Å². The van der Waals surface area contributed by atoms with Gasteiger partial charge >= 0.3 is 0 Å². The predicted molar refractivity (Wildman–Crippen MR) is 104 cm³/mol. The molecule has 1 amide bonds. The van der Waals surface area contributed by atoms with Crippen molar-refractivity contribution in [2.45, 2.75) is 25.2 Å². The Morgan fingerprint density at radius 2 is 2.19 bits per heavy atom. The van der Waals surface area contributed by atoms with Crippen LogP contribution in [0.15, 0.2) is 22.9 Å². The Bertz CT molecular complexity index is 879. The van der Waals surface area contributed by atoms with Gasteiger partial charge in [-0.25, -0.2) is 9.67 Å². The number of nitrogens with one attached hydrogen (secondary N) is 2. The number of anilines is 1. The predicted octanol–water partition coefficient (Wildman–Crippen LogP) is 2.65. The van der Waals surface area contributed by atoms with Crippen molar-refractivity contribution in [1.29, 1.82) is 0 Å². The summed E-state index contributed by atoms with van der Waals surface area (Å²) in [5.41, 5.74) is 0.775. The Hall–Kier alpha value is -2.10. The van der Waals surface area contributed by atoms with Crippen molar-refractivity contribution in [3.05, 3.63) is 34.4 Å². The molecule has 0 atom stereocenters. The molecule has 0 spiro atoms. The lowest BCUT2D eigenvalue weighted by molar-refractivity contribution is -0.115. The highest BCUT2D eigenvalue weighted by Gasteiger charge is 2.21. The van der Waals surface area contributed by atoms with Crippen LogP contribution in [0, 0.1) is 0 Å². The molecule has 0 bridgehead atoms. The van der Waals surface area contributed by atoms with Gasteiger partial charge in [0.25, 0.3) is 0 Å². The molecule has 1 fully saturated rings. The first-order valence-electron chi connectivity index (χ1n) is 8.59. The van der Waals surface area contributed by atoms with Crippen molar-refractivity contribution in [3.8, 4) is 9.88 Å². The van der Waals surface area contributed by atoms with Crippen molar-refractivity contribution in [2.75, 3.05) is 18.4 Å². The topological polar surface area (TPSA) is 84.7 Å². The van der Waals surface area contributed by atoms with E-state index in [2.05, 4.69) is 25.7 Å². The van der Waals surface area contributed by atoms with E-state index in [0.717, 1.165) is 47.3 Å². The number of carbonyl (C=O) groups excluding carboxylic acids is 1. The normalized spacial score (nSPS) is 15.3. The van der Waals surface area contributed by atoms with Crippen molar-refractivity contribution in [2.24, 2.45) is 7.05 Å². The Morgan fingerprint density at radius 1 is 1.35 bits per heavy atom. The quantitative estimate of drug-likeness (QED) is 0.702. The Labute approximate surface area is 159 Å². The molecule has 1 aliphatic heterocycles. The first-order valence-corrected chi connectivity index (χ1v) is 10.3. The van der Waals surface area contributed by atoms with Crippen LogP contribution < -0.4 is 10.6 Å². The maximum Gasteiger partial charge on any atom is 0.232 e. The van der Waals surface area contributed by atoms with Crippen molar-refractivity contribution in [1.82, 2.24) is 25.1 Å². The molecule has 0 unspecified atom stereocenters. The molecular weight excluding hydrogens is 368 g/mol. The van der Waals surface area contributed by atoms with Crippen LogP contribution in [-0.4, -0.2) is 38.7 Å². The number of thiazole rings is 1. The Morgan fingerprint density at radius 3 is 2.96 bits per heavy atom. The fraction of sp³-hybridized carbons (Fsp3) is 0.412. The summed E-state index contributed by atoms with van der Waals surface area (Å²) < 4.78 is 1.65. The van der Waals surface area contributed by atoms with E-state index in [9.17, 15) is 4.79 Å². The number of nitrogens with zero attached hydrogens (tertiary/aromatic N) is 4. The first kappa shape index (κ1) is 17.3. The molecule has 9 heteroatoms. The van der Waals surface area contributed by atoms with Crippen LogP contribution in [0.25, 0.3) is 9.88 Å². The molecule has 0 aliphatic carbocycles. The van der Waals surface area contributed by atoms with E-state index < -0.39 is 0 Å². The zero-order valence-electron chi connectivity index (χ0n) is 14.4. The van der Waals surface area contributed by atoms with Crippen molar-refractivity contribution >= 4 is 34.5 Å². The minimum absolute atomic E-state index is 0.125. The van der Waals surface area contributed by atoms with Gasteiger partial charge in [0.2, 0.25) is 11.9 Å². The summed E-state index contributed by atoms with van der Waals surface area (Å²) in [7, 11) is 1.81. The lowest BCUT2D eigenvalue weighted by atomic mass is 9.98. The number of aromatic nitrogens is 4. The molecule has 0 saturated carbocycles. The first-order chi connectivity index (χ1) is 12.7. The van der Waals surface area contributed by atoms with Crippen LogP contribution in [0.4, 0.5) is 5.95 Å². The number of aryl methyl sites for hydroxylation is 1. The number of carbonyl (C=O) groups is 1. The van der Waals surface area contributed by atoms with Gasteiger partial charge in [0.1, 0.15) is 5.01 Å². The highest BCUT2D eigenvalue weighted by molar-refractivity contribution is 7.20. The van der Waals surface area contributed by atoms with Crippen LogP contribution in [0.3, 0.4) is 0 Å². The van der Waals surface area contributed by atoms with E-state index in [1.54, 1.807) is 27.4 Å². The standard InChI is InChI=1S/C17H20N6OS2/c1-23-17(21-15(22-23)11-4-6-18-7-5-11)20-14(24)9-12-10-26-16(19-12)13-3-2-8-25-13/h2-3,8,10-11,18H,4-7,9H2,1H3,(H,20,21,22,24). The number of amides is 1. The van der Waals surface area contributed by atoms with E-state index in [1.807, 2.05) is 29.9 Å². The molecule has 136 valence electrons. The van der Waals surface area contributed by atoms with Gasteiger partial charge in [-0.15, -0.1) is 22.7 Å². The fourth-order valence-electron chi connectivity index (χ4n) is 3.00. The third-order valence-electron chi connectivity index (χ3n) is 4.36. The summed E-state index contributed by atoms with van der Waals surface area (Å²) in [6.45, 7) is 1.97. The summed E-state index contributed by atoms with van der Waals surface area (Å²) >= 11 is 3.21. The summed E-state index contributed by atoms with van der Waals surface area (Å²) in [4.78, 5) is 22.6. The maximum absolute atomic E-state index is 12.4. The molecule has 4 heterocycles. The number of thiophene rings is 1. The van der Waals surface area contributed by atoms with Gasteiger partial charge in [-0.2, -0.15) is 10.1 Å². The molecule has 0 radical (unpaired) electrons. The van der Waals surface area contributed by atoms with Gasteiger partial charge in [0.05, 0.1) is 17.0 Å². The zero-order valence-corrected chi connectivity index (χ0v) is 16.1. The molecule has 3 aromatic heterocycles. The molecule has 7 nitrogen and oxygen atoms in total. The second-order valence-corrected chi connectivity index (χ2v) is 8.09. The summed E-state index contributed by atoms with van der Waals surface area (Å²) in [5, 5.41) is 15.6. The van der Waals surface area contributed by atoms with Gasteiger partial charge in [-0.1, -0.05) is 6.07 Å². The summed E-state index contributed by atoms with van der Waals surface area (Å²) in [6, 6.07) is 4.04. The monoisotopic (exact) mass is 388 g/mol. The molecule has 1 saturated heterocycles. The minimum atomic E-state index is -0.125. The highest BCUT2D eigenvalue weighted by Crippen LogP contribution is 2.28. The second-order valence-electron chi connectivity index (χ2n) is 6.29.